The molecule has 0 saturated carbocycles. The Hall–Kier alpha value is -0.970. The van der Waals surface area contributed by atoms with Crippen LogP contribution in [0.4, 0.5) is 4.79 Å². The van der Waals surface area contributed by atoms with E-state index in [1.54, 1.807) is 4.90 Å². The highest BCUT2D eigenvalue weighted by molar-refractivity contribution is 6.27. The van der Waals surface area contributed by atoms with Gasteiger partial charge < -0.3 is 15.3 Å². The molecule has 1 heterocycles. The quantitative estimate of drug-likeness (QED) is 0.736. The first kappa shape index (κ1) is 13.1. The first-order chi connectivity index (χ1) is 7.63. The van der Waals surface area contributed by atoms with Crippen LogP contribution in [0.2, 0.25) is 0 Å². The lowest BCUT2D eigenvalue weighted by Crippen LogP contribution is -2.39. The van der Waals surface area contributed by atoms with Gasteiger partial charge in [0.05, 0.1) is 0 Å². The second-order valence-corrected chi connectivity index (χ2v) is 4.29. The number of rotatable bonds is 3. The summed E-state index contributed by atoms with van der Waals surface area (Å²) in [5.41, 5.74) is 0. The number of likely N-dealkylation sites (tertiary alicyclic amines) is 1. The molecule has 5 nitrogen and oxygen atoms in total. The molecular formula is C10H17ClN2O3. The number of nitrogens with one attached hydrogen (secondary N) is 1. The summed E-state index contributed by atoms with van der Waals surface area (Å²) in [7, 11) is 0. The molecule has 1 aliphatic heterocycles. The van der Waals surface area contributed by atoms with Gasteiger partial charge in [-0.3, -0.25) is 4.79 Å². The van der Waals surface area contributed by atoms with Crippen molar-refractivity contribution < 1.29 is 14.7 Å². The van der Waals surface area contributed by atoms with E-state index >= 15 is 0 Å². The molecule has 2 N–H and O–H groups in total. The van der Waals surface area contributed by atoms with Crippen LogP contribution in [-0.2, 0) is 4.79 Å². The van der Waals surface area contributed by atoms with Crippen molar-refractivity contribution in [2.75, 3.05) is 25.5 Å². The molecule has 92 valence electrons. The molecule has 0 aromatic heterocycles. The van der Waals surface area contributed by atoms with E-state index in [4.69, 9.17) is 16.7 Å². The Morgan fingerprint density at radius 2 is 2.19 bits per heavy atom. The second-order valence-electron chi connectivity index (χ2n) is 4.02. The van der Waals surface area contributed by atoms with Gasteiger partial charge in [0, 0.05) is 19.6 Å². The maximum atomic E-state index is 11.5. The van der Waals surface area contributed by atoms with Gasteiger partial charge in [-0.15, -0.1) is 11.6 Å². The Morgan fingerprint density at radius 3 is 2.81 bits per heavy atom. The van der Waals surface area contributed by atoms with E-state index in [1.165, 1.54) is 0 Å². The lowest BCUT2D eigenvalue weighted by atomic mass is 10.0. The van der Waals surface area contributed by atoms with Gasteiger partial charge in [0.25, 0.3) is 0 Å². The predicted octanol–water partition coefficient (Wildman–Crippen LogP) is 1.12. The van der Waals surface area contributed by atoms with Crippen molar-refractivity contribution in [2.24, 2.45) is 5.92 Å². The molecule has 16 heavy (non-hydrogen) atoms. The van der Waals surface area contributed by atoms with Crippen LogP contribution < -0.4 is 5.32 Å². The number of amides is 2. The number of hydrogen-bond donors (Lipinski definition) is 2. The second kappa shape index (κ2) is 6.58. The lowest BCUT2D eigenvalue weighted by molar-refractivity contribution is -0.128. The maximum Gasteiger partial charge on any atom is 0.404 e. The van der Waals surface area contributed by atoms with E-state index in [2.05, 4.69) is 5.32 Å². The average Bonchev–Trinajstić information content (AvgIpc) is 2.50. The molecular weight excluding hydrogens is 232 g/mol. The molecule has 0 spiro atoms. The Balaban J connectivity index is 2.45. The van der Waals surface area contributed by atoms with Crippen molar-refractivity contribution >= 4 is 23.6 Å². The average molecular weight is 249 g/mol. The molecule has 6 heteroatoms. The normalized spacial score (nSPS) is 21.3. The van der Waals surface area contributed by atoms with Crippen LogP contribution in [0, 0.1) is 5.92 Å². The van der Waals surface area contributed by atoms with Gasteiger partial charge >= 0.3 is 6.09 Å². The minimum absolute atomic E-state index is 0.000914. The molecule has 0 aliphatic carbocycles. The molecule has 1 atom stereocenters. The van der Waals surface area contributed by atoms with Gasteiger partial charge in [0.1, 0.15) is 5.88 Å². The Labute approximate surface area is 99.7 Å². The summed E-state index contributed by atoms with van der Waals surface area (Å²) < 4.78 is 0. The fourth-order valence-corrected chi connectivity index (χ4v) is 2.11. The number of carboxylic acid groups (broad SMARTS) is 1. The van der Waals surface area contributed by atoms with Gasteiger partial charge in [-0.05, 0) is 18.8 Å². The van der Waals surface area contributed by atoms with Crippen molar-refractivity contribution in [2.45, 2.75) is 19.3 Å². The van der Waals surface area contributed by atoms with Crippen molar-refractivity contribution in [3.05, 3.63) is 0 Å². The Morgan fingerprint density at radius 1 is 1.44 bits per heavy atom. The summed E-state index contributed by atoms with van der Waals surface area (Å²) in [5.74, 6) is 0.133. The zero-order chi connectivity index (χ0) is 12.0. The summed E-state index contributed by atoms with van der Waals surface area (Å²) in [6.07, 6.45) is 1.93. The third-order valence-corrected chi connectivity index (χ3v) is 3.01. The molecule has 0 aromatic carbocycles. The maximum absolute atomic E-state index is 11.5. The monoisotopic (exact) mass is 248 g/mol. The van der Waals surface area contributed by atoms with Crippen LogP contribution in [-0.4, -0.2) is 47.5 Å². The molecule has 0 radical (unpaired) electrons. The van der Waals surface area contributed by atoms with Crippen molar-refractivity contribution in [3.8, 4) is 0 Å². The third-order valence-electron chi connectivity index (χ3n) is 2.78. The van der Waals surface area contributed by atoms with E-state index in [-0.39, 0.29) is 17.7 Å². The van der Waals surface area contributed by atoms with E-state index in [9.17, 15) is 9.59 Å². The number of alkyl halides is 1. The Bertz CT molecular complexity index is 260. The van der Waals surface area contributed by atoms with E-state index < -0.39 is 6.09 Å². The number of nitrogens with zero attached hydrogens (tertiary/aromatic N) is 1. The summed E-state index contributed by atoms with van der Waals surface area (Å²) in [4.78, 5) is 23.6. The number of carbonyl (C=O) groups is 2. The van der Waals surface area contributed by atoms with Crippen LogP contribution in [0.15, 0.2) is 0 Å². The minimum Gasteiger partial charge on any atom is -0.465 e. The zero-order valence-corrected chi connectivity index (χ0v) is 9.87. The molecule has 1 rings (SSSR count). The summed E-state index contributed by atoms with van der Waals surface area (Å²) in [6.45, 7) is 1.74. The first-order valence-electron chi connectivity index (χ1n) is 5.44. The van der Waals surface area contributed by atoms with Crippen molar-refractivity contribution in [1.29, 1.82) is 0 Å². The predicted molar refractivity (Wildman–Crippen MR) is 60.7 cm³/mol. The zero-order valence-electron chi connectivity index (χ0n) is 9.12. The van der Waals surface area contributed by atoms with Crippen LogP contribution in [0.1, 0.15) is 19.3 Å². The molecule has 1 aliphatic rings. The largest absolute Gasteiger partial charge is 0.465 e. The highest BCUT2D eigenvalue weighted by Crippen LogP contribution is 2.16. The molecule has 0 aromatic rings. The fraction of sp³-hybridized carbons (Fsp3) is 0.800. The SMILES string of the molecule is O=C(O)NCC1CCCCN(C(=O)CCl)C1. The van der Waals surface area contributed by atoms with E-state index in [1.807, 2.05) is 0 Å². The minimum atomic E-state index is -1.01. The van der Waals surface area contributed by atoms with E-state index in [0.29, 0.717) is 13.1 Å². The molecule has 1 saturated heterocycles. The number of carbonyl (C=O) groups excluding carboxylic acids is 1. The Kier molecular flexibility index (Phi) is 5.38. The summed E-state index contributed by atoms with van der Waals surface area (Å²) >= 11 is 5.51. The molecule has 2 amide bonds. The first-order valence-corrected chi connectivity index (χ1v) is 5.97. The summed E-state index contributed by atoms with van der Waals surface area (Å²) in [5, 5.41) is 10.9. The van der Waals surface area contributed by atoms with Gasteiger partial charge in [-0.2, -0.15) is 0 Å². The van der Waals surface area contributed by atoms with Gasteiger partial charge in [0.2, 0.25) is 5.91 Å². The summed E-state index contributed by atoms with van der Waals surface area (Å²) in [6, 6.07) is 0. The van der Waals surface area contributed by atoms with Gasteiger partial charge in [-0.25, -0.2) is 4.79 Å². The number of halogens is 1. The third kappa shape index (κ3) is 4.26. The van der Waals surface area contributed by atoms with Crippen LogP contribution in [0.3, 0.4) is 0 Å². The van der Waals surface area contributed by atoms with Crippen LogP contribution >= 0.6 is 11.6 Å². The van der Waals surface area contributed by atoms with Crippen LogP contribution in [0.25, 0.3) is 0 Å². The van der Waals surface area contributed by atoms with Crippen molar-refractivity contribution in [3.63, 3.8) is 0 Å². The van der Waals surface area contributed by atoms with Crippen molar-refractivity contribution in [1.82, 2.24) is 10.2 Å². The highest BCUT2D eigenvalue weighted by Gasteiger charge is 2.21. The molecule has 0 bridgehead atoms. The topological polar surface area (TPSA) is 69.6 Å². The standard InChI is InChI=1S/C10H17ClN2O3/c11-5-9(14)13-4-2-1-3-8(7-13)6-12-10(15)16/h8,12H,1-7H2,(H,15,16). The van der Waals surface area contributed by atoms with Gasteiger partial charge in [0.15, 0.2) is 0 Å². The highest BCUT2D eigenvalue weighted by atomic mass is 35.5. The lowest BCUT2D eigenvalue weighted by Gasteiger charge is -2.23. The smallest absolute Gasteiger partial charge is 0.404 e. The number of hydrogen-bond acceptors (Lipinski definition) is 2. The molecule has 1 unspecified atom stereocenters. The fourth-order valence-electron chi connectivity index (χ4n) is 1.94. The molecule has 1 fully saturated rings. The van der Waals surface area contributed by atoms with Crippen LogP contribution in [0.5, 0.6) is 0 Å². The van der Waals surface area contributed by atoms with Gasteiger partial charge in [-0.1, -0.05) is 6.42 Å². The van der Waals surface area contributed by atoms with E-state index in [0.717, 1.165) is 25.8 Å².